The van der Waals surface area contributed by atoms with E-state index in [9.17, 15) is 9.59 Å². The van der Waals surface area contributed by atoms with Crippen molar-refractivity contribution in [3.63, 3.8) is 0 Å². The van der Waals surface area contributed by atoms with E-state index < -0.39 is 0 Å². The van der Waals surface area contributed by atoms with Crippen LogP contribution >= 0.6 is 0 Å². The van der Waals surface area contributed by atoms with E-state index >= 15 is 0 Å². The van der Waals surface area contributed by atoms with Crippen molar-refractivity contribution < 1.29 is 14.3 Å². The first-order valence-corrected chi connectivity index (χ1v) is 7.74. The minimum Gasteiger partial charge on any atom is -0.469 e. The third kappa shape index (κ3) is 6.56. The van der Waals surface area contributed by atoms with Gasteiger partial charge in [0.2, 0.25) is 0 Å². The number of rotatable bonds is 9. The summed E-state index contributed by atoms with van der Waals surface area (Å²) < 4.78 is 4.59. The van der Waals surface area contributed by atoms with Gasteiger partial charge in [0.1, 0.15) is 0 Å². The molecule has 3 nitrogen and oxygen atoms in total. The molecule has 0 N–H and O–H groups in total. The maximum absolute atomic E-state index is 12.0. The SMILES string of the molecule is COC(=O)CCCCCCC(=O)c1ccc(C(C)C)cc1. The van der Waals surface area contributed by atoms with Gasteiger partial charge in [0, 0.05) is 18.4 Å². The Labute approximate surface area is 127 Å². The molecule has 0 aliphatic heterocycles. The van der Waals surface area contributed by atoms with Gasteiger partial charge in [-0.1, -0.05) is 51.0 Å². The molecule has 0 spiro atoms. The second-order valence-corrected chi connectivity index (χ2v) is 5.69. The Bertz CT molecular complexity index is 446. The van der Waals surface area contributed by atoms with Crippen molar-refractivity contribution in [1.82, 2.24) is 0 Å². The Morgan fingerprint density at radius 1 is 0.952 bits per heavy atom. The van der Waals surface area contributed by atoms with Gasteiger partial charge in [-0.05, 0) is 24.3 Å². The highest BCUT2D eigenvalue weighted by Gasteiger charge is 2.07. The molecule has 0 heterocycles. The number of hydrogen-bond acceptors (Lipinski definition) is 3. The van der Waals surface area contributed by atoms with Crippen molar-refractivity contribution in [3.05, 3.63) is 35.4 Å². The molecule has 116 valence electrons. The van der Waals surface area contributed by atoms with Crippen molar-refractivity contribution >= 4 is 11.8 Å². The van der Waals surface area contributed by atoms with Crippen LogP contribution in [0.15, 0.2) is 24.3 Å². The summed E-state index contributed by atoms with van der Waals surface area (Å²) in [5.74, 6) is 0.540. The molecule has 0 aliphatic carbocycles. The highest BCUT2D eigenvalue weighted by molar-refractivity contribution is 5.96. The topological polar surface area (TPSA) is 43.4 Å². The molecule has 0 fully saturated rings. The van der Waals surface area contributed by atoms with E-state index in [1.165, 1.54) is 12.7 Å². The monoisotopic (exact) mass is 290 g/mol. The maximum Gasteiger partial charge on any atom is 0.305 e. The molecule has 0 atom stereocenters. The summed E-state index contributed by atoms with van der Waals surface area (Å²) in [5, 5.41) is 0. The molecule has 21 heavy (non-hydrogen) atoms. The normalized spacial score (nSPS) is 10.7. The second kappa shape index (κ2) is 9.32. The van der Waals surface area contributed by atoms with Crippen LogP contribution in [0.1, 0.15) is 74.2 Å². The Morgan fingerprint density at radius 3 is 2.05 bits per heavy atom. The van der Waals surface area contributed by atoms with Gasteiger partial charge in [0.05, 0.1) is 7.11 Å². The van der Waals surface area contributed by atoms with Crippen LogP contribution in [-0.2, 0) is 9.53 Å². The lowest BCUT2D eigenvalue weighted by Crippen LogP contribution is -2.01. The van der Waals surface area contributed by atoms with E-state index in [0.717, 1.165) is 31.2 Å². The number of carbonyl (C=O) groups is 2. The zero-order valence-electron chi connectivity index (χ0n) is 13.4. The minimum atomic E-state index is -0.156. The molecule has 0 radical (unpaired) electrons. The number of Topliss-reactive ketones (excluding diaryl/α,β-unsaturated/α-hetero) is 1. The van der Waals surface area contributed by atoms with Crippen LogP contribution in [0.3, 0.4) is 0 Å². The summed E-state index contributed by atoms with van der Waals surface area (Å²) in [6.45, 7) is 4.29. The Balaban J connectivity index is 2.23. The molecule has 0 amide bonds. The Morgan fingerprint density at radius 2 is 1.52 bits per heavy atom. The molecule has 0 bridgehead atoms. The van der Waals surface area contributed by atoms with Gasteiger partial charge in [-0.3, -0.25) is 9.59 Å². The van der Waals surface area contributed by atoms with Crippen molar-refractivity contribution in [2.24, 2.45) is 0 Å². The van der Waals surface area contributed by atoms with E-state index in [1.54, 1.807) is 0 Å². The summed E-state index contributed by atoms with van der Waals surface area (Å²) >= 11 is 0. The van der Waals surface area contributed by atoms with Gasteiger partial charge in [-0.2, -0.15) is 0 Å². The van der Waals surface area contributed by atoms with Gasteiger partial charge in [0.25, 0.3) is 0 Å². The fourth-order valence-corrected chi connectivity index (χ4v) is 2.21. The summed E-state index contributed by atoms with van der Waals surface area (Å²) in [5.41, 5.74) is 2.06. The highest BCUT2D eigenvalue weighted by atomic mass is 16.5. The Hall–Kier alpha value is -1.64. The van der Waals surface area contributed by atoms with Crippen LogP contribution in [0.25, 0.3) is 0 Å². The molecule has 0 saturated heterocycles. The van der Waals surface area contributed by atoms with E-state index in [-0.39, 0.29) is 11.8 Å². The smallest absolute Gasteiger partial charge is 0.305 e. The predicted molar refractivity (Wildman–Crippen MR) is 84.6 cm³/mol. The first kappa shape index (κ1) is 17.4. The molecule has 0 aliphatic rings. The average Bonchev–Trinajstić information content (AvgIpc) is 2.50. The number of hydrogen-bond donors (Lipinski definition) is 0. The molecule has 1 aromatic carbocycles. The second-order valence-electron chi connectivity index (χ2n) is 5.69. The zero-order valence-corrected chi connectivity index (χ0v) is 13.4. The predicted octanol–water partition coefficient (Wildman–Crippen LogP) is 4.51. The van der Waals surface area contributed by atoms with E-state index in [0.29, 0.717) is 18.8 Å². The van der Waals surface area contributed by atoms with Crippen LogP contribution in [0, 0.1) is 0 Å². The number of benzene rings is 1. The van der Waals surface area contributed by atoms with Gasteiger partial charge in [-0.25, -0.2) is 0 Å². The van der Waals surface area contributed by atoms with Gasteiger partial charge in [-0.15, -0.1) is 0 Å². The van der Waals surface area contributed by atoms with Gasteiger partial charge < -0.3 is 4.74 Å². The summed E-state index contributed by atoms with van der Waals surface area (Å²) in [6.07, 6.45) is 4.72. The largest absolute Gasteiger partial charge is 0.469 e. The molecule has 1 aromatic rings. The number of ether oxygens (including phenoxy) is 1. The maximum atomic E-state index is 12.0. The lowest BCUT2D eigenvalue weighted by atomic mass is 9.98. The van der Waals surface area contributed by atoms with E-state index in [1.807, 2.05) is 24.3 Å². The van der Waals surface area contributed by atoms with Crippen LogP contribution in [0.5, 0.6) is 0 Å². The number of unbranched alkanes of at least 4 members (excludes halogenated alkanes) is 3. The van der Waals surface area contributed by atoms with Crippen molar-refractivity contribution in [1.29, 1.82) is 0 Å². The van der Waals surface area contributed by atoms with Gasteiger partial charge >= 0.3 is 5.97 Å². The lowest BCUT2D eigenvalue weighted by molar-refractivity contribution is -0.140. The average molecular weight is 290 g/mol. The van der Waals surface area contributed by atoms with E-state index in [2.05, 4.69) is 18.6 Å². The molecular weight excluding hydrogens is 264 g/mol. The third-order valence-corrected chi connectivity index (χ3v) is 3.66. The minimum absolute atomic E-state index is 0.156. The quantitative estimate of drug-likeness (QED) is 0.382. The van der Waals surface area contributed by atoms with Crippen molar-refractivity contribution in [2.75, 3.05) is 7.11 Å². The molecule has 0 saturated carbocycles. The van der Waals surface area contributed by atoms with Crippen LogP contribution in [-0.4, -0.2) is 18.9 Å². The molecule has 0 unspecified atom stereocenters. The van der Waals surface area contributed by atoms with Crippen LogP contribution in [0.2, 0.25) is 0 Å². The standard InChI is InChI=1S/C18H26O3/c1-14(2)15-10-12-16(13-11-15)17(19)8-6-4-5-7-9-18(20)21-3/h10-14H,4-9H2,1-3H3. The summed E-state index contributed by atoms with van der Waals surface area (Å²) in [4.78, 5) is 23.0. The van der Waals surface area contributed by atoms with Crippen molar-refractivity contribution in [2.45, 2.75) is 58.3 Å². The highest BCUT2D eigenvalue weighted by Crippen LogP contribution is 2.16. The number of methoxy groups -OCH3 is 1. The molecule has 1 rings (SSSR count). The van der Waals surface area contributed by atoms with E-state index in [4.69, 9.17) is 0 Å². The molecule has 3 heteroatoms. The van der Waals surface area contributed by atoms with Crippen molar-refractivity contribution in [3.8, 4) is 0 Å². The molecular formula is C18H26O3. The third-order valence-electron chi connectivity index (χ3n) is 3.66. The zero-order chi connectivity index (χ0) is 15.7. The number of carbonyl (C=O) groups excluding carboxylic acids is 2. The fraction of sp³-hybridized carbons (Fsp3) is 0.556. The van der Waals surface area contributed by atoms with Crippen LogP contribution < -0.4 is 0 Å². The fourth-order valence-electron chi connectivity index (χ4n) is 2.21. The first-order chi connectivity index (χ1) is 10.0. The van der Waals surface area contributed by atoms with Gasteiger partial charge in [0.15, 0.2) is 5.78 Å². The number of esters is 1. The molecule has 0 aromatic heterocycles. The lowest BCUT2D eigenvalue weighted by Gasteiger charge is -2.06. The van der Waals surface area contributed by atoms with Crippen LogP contribution in [0.4, 0.5) is 0 Å². The first-order valence-electron chi connectivity index (χ1n) is 7.74. The summed E-state index contributed by atoms with van der Waals surface area (Å²) in [7, 11) is 1.41. The summed E-state index contributed by atoms with van der Waals surface area (Å²) in [6, 6.07) is 7.92. The number of ketones is 1. The Kier molecular flexibility index (Phi) is 7.73.